The molecule has 0 aliphatic carbocycles. The molecule has 5 rings (SSSR count). The average Bonchev–Trinajstić information content (AvgIpc) is 3.13. The fourth-order valence-corrected chi connectivity index (χ4v) is 7.34. The molecule has 264 valence electrons. The van der Waals surface area contributed by atoms with E-state index in [1.165, 1.54) is 17.0 Å². The van der Waals surface area contributed by atoms with E-state index in [2.05, 4.69) is 5.32 Å². The van der Waals surface area contributed by atoms with Crippen molar-refractivity contribution in [2.45, 2.75) is 37.8 Å². The Morgan fingerprint density at radius 2 is 1.27 bits per heavy atom. The quantitative estimate of drug-likeness (QED) is 0.116. The Hall–Kier alpha value is -4.83. The molecule has 11 heteroatoms. The first-order valence-corrected chi connectivity index (χ1v) is 18.7. The zero-order chi connectivity index (χ0) is 36.4. The van der Waals surface area contributed by atoms with Gasteiger partial charge < -0.3 is 15.0 Å². The Labute approximate surface area is 309 Å². The van der Waals surface area contributed by atoms with E-state index in [0.29, 0.717) is 33.7 Å². The minimum Gasteiger partial charge on any atom is -0.457 e. The third-order valence-electron chi connectivity index (χ3n) is 8.06. The average molecular weight is 745 g/mol. The second kappa shape index (κ2) is 17.4. The van der Waals surface area contributed by atoms with E-state index in [0.717, 1.165) is 9.87 Å². The van der Waals surface area contributed by atoms with Crippen LogP contribution in [-0.2, 0) is 32.6 Å². The van der Waals surface area contributed by atoms with Crippen LogP contribution in [0.5, 0.6) is 11.5 Å². The Morgan fingerprint density at radius 3 is 1.86 bits per heavy atom. The number of sulfonamides is 1. The van der Waals surface area contributed by atoms with E-state index < -0.39 is 28.5 Å². The summed E-state index contributed by atoms with van der Waals surface area (Å²) < 4.78 is 35.6. The van der Waals surface area contributed by atoms with E-state index in [1.807, 2.05) is 74.5 Å². The first-order chi connectivity index (χ1) is 24.5. The van der Waals surface area contributed by atoms with Crippen molar-refractivity contribution < 1.29 is 22.7 Å². The van der Waals surface area contributed by atoms with Crippen molar-refractivity contribution in [1.82, 2.24) is 10.2 Å². The van der Waals surface area contributed by atoms with Gasteiger partial charge in [-0.1, -0.05) is 110 Å². The molecule has 0 aliphatic heterocycles. The smallest absolute Gasteiger partial charge is 0.264 e. The Morgan fingerprint density at radius 1 is 0.725 bits per heavy atom. The summed E-state index contributed by atoms with van der Waals surface area (Å²) in [5.41, 5.74) is 1.48. The fraction of sp³-hybridized carbons (Fsp3) is 0.200. The molecular formula is C40H39Cl2N3O5S. The van der Waals surface area contributed by atoms with Gasteiger partial charge >= 0.3 is 0 Å². The molecule has 0 fully saturated rings. The fourth-order valence-electron chi connectivity index (χ4n) is 5.38. The van der Waals surface area contributed by atoms with Gasteiger partial charge in [0.15, 0.2) is 0 Å². The number of halogens is 2. The van der Waals surface area contributed by atoms with Crippen molar-refractivity contribution in [3.05, 3.63) is 155 Å². The highest BCUT2D eigenvalue weighted by atomic mass is 35.5. The lowest BCUT2D eigenvalue weighted by Gasteiger charge is -2.34. The highest BCUT2D eigenvalue weighted by molar-refractivity contribution is 7.92. The molecule has 0 radical (unpaired) electrons. The van der Waals surface area contributed by atoms with Gasteiger partial charge in [0, 0.05) is 35.1 Å². The standard InChI is InChI=1S/C40H39Cl2N3O5S/c1-29(2)26-43-40(47)38(25-30-13-6-3-7-14-30)44(27-35-36(41)19-12-20-37(35)42)39(46)28-45(51(48,49)34-17-10-5-11-18-34)31-21-23-33(24-22-31)50-32-15-8-4-9-16-32/h3-24,29,38H,25-28H2,1-2H3,(H,43,47)/t38-/m1/s1. The first-order valence-electron chi connectivity index (χ1n) is 16.5. The lowest BCUT2D eigenvalue weighted by atomic mass is 10.0. The molecule has 51 heavy (non-hydrogen) atoms. The summed E-state index contributed by atoms with van der Waals surface area (Å²) in [6, 6.07) is 36.8. The van der Waals surface area contributed by atoms with E-state index in [1.54, 1.807) is 60.7 Å². The van der Waals surface area contributed by atoms with Crippen molar-refractivity contribution in [1.29, 1.82) is 0 Å². The predicted molar refractivity (Wildman–Crippen MR) is 203 cm³/mol. The Kier molecular flexibility index (Phi) is 12.8. The van der Waals surface area contributed by atoms with Crippen LogP contribution in [0.25, 0.3) is 0 Å². The summed E-state index contributed by atoms with van der Waals surface area (Å²) in [4.78, 5) is 30.1. The Bertz CT molecular complexity index is 1990. The summed E-state index contributed by atoms with van der Waals surface area (Å²) in [5.74, 6) is 0.227. The second-order valence-electron chi connectivity index (χ2n) is 12.3. The molecule has 5 aromatic carbocycles. The van der Waals surface area contributed by atoms with Crippen LogP contribution in [0.15, 0.2) is 138 Å². The molecule has 8 nitrogen and oxygen atoms in total. The maximum Gasteiger partial charge on any atom is 0.264 e. The number of carbonyl (C=O) groups is 2. The molecule has 0 saturated carbocycles. The topological polar surface area (TPSA) is 96.0 Å². The zero-order valence-electron chi connectivity index (χ0n) is 28.3. The monoisotopic (exact) mass is 743 g/mol. The zero-order valence-corrected chi connectivity index (χ0v) is 30.6. The van der Waals surface area contributed by atoms with Gasteiger partial charge in [0.25, 0.3) is 10.0 Å². The molecule has 5 aromatic rings. The van der Waals surface area contributed by atoms with Gasteiger partial charge in [0.2, 0.25) is 11.8 Å². The number of rotatable bonds is 15. The third kappa shape index (κ3) is 9.91. The van der Waals surface area contributed by atoms with Crippen LogP contribution in [0.1, 0.15) is 25.0 Å². The van der Waals surface area contributed by atoms with Crippen LogP contribution in [-0.4, -0.2) is 44.3 Å². The van der Waals surface area contributed by atoms with Gasteiger partial charge in [-0.2, -0.15) is 0 Å². The first kappa shape index (κ1) is 37.4. The van der Waals surface area contributed by atoms with Crippen molar-refractivity contribution >= 4 is 50.7 Å². The number of nitrogens with zero attached hydrogens (tertiary/aromatic N) is 2. The van der Waals surface area contributed by atoms with Crippen LogP contribution in [0, 0.1) is 5.92 Å². The van der Waals surface area contributed by atoms with Crippen LogP contribution in [0.2, 0.25) is 10.0 Å². The molecular weight excluding hydrogens is 705 g/mol. The summed E-state index contributed by atoms with van der Waals surface area (Å²) >= 11 is 13.2. The number of hydrogen-bond acceptors (Lipinski definition) is 5. The van der Waals surface area contributed by atoms with Gasteiger partial charge in [-0.15, -0.1) is 0 Å². The number of hydrogen-bond donors (Lipinski definition) is 1. The minimum atomic E-state index is -4.28. The maximum absolute atomic E-state index is 14.7. The SMILES string of the molecule is CC(C)CNC(=O)[C@@H](Cc1ccccc1)N(Cc1c(Cl)cccc1Cl)C(=O)CN(c1ccc(Oc2ccccc2)cc1)S(=O)(=O)c1ccccc1. The molecule has 1 atom stereocenters. The van der Waals surface area contributed by atoms with Gasteiger partial charge in [0.1, 0.15) is 24.1 Å². The van der Waals surface area contributed by atoms with Gasteiger partial charge in [-0.05, 0) is 72.1 Å². The maximum atomic E-state index is 14.7. The van der Waals surface area contributed by atoms with Crippen molar-refractivity contribution in [2.24, 2.45) is 5.92 Å². The summed E-state index contributed by atoms with van der Waals surface area (Å²) in [7, 11) is -4.28. The lowest BCUT2D eigenvalue weighted by Crippen LogP contribution is -2.53. The van der Waals surface area contributed by atoms with Crippen LogP contribution in [0.4, 0.5) is 5.69 Å². The summed E-state index contributed by atoms with van der Waals surface area (Å²) in [5, 5.41) is 3.59. The van der Waals surface area contributed by atoms with Crippen molar-refractivity contribution in [3.8, 4) is 11.5 Å². The third-order valence-corrected chi connectivity index (χ3v) is 10.6. The normalized spacial score (nSPS) is 11.9. The van der Waals surface area contributed by atoms with E-state index in [9.17, 15) is 18.0 Å². The number of ether oxygens (including phenoxy) is 1. The van der Waals surface area contributed by atoms with E-state index in [-0.39, 0.29) is 35.4 Å². The molecule has 0 heterocycles. The van der Waals surface area contributed by atoms with Gasteiger partial charge in [0.05, 0.1) is 10.6 Å². The van der Waals surface area contributed by atoms with E-state index >= 15 is 0 Å². The number of para-hydroxylation sites is 1. The lowest BCUT2D eigenvalue weighted by molar-refractivity contribution is -0.140. The number of anilines is 1. The summed E-state index contributed by atoms with van der Waals surface area (Å²) in [6.45, 7) is 3.56. The minimum absolute atomic E-state index is 0.00128. The van der Waals surface area contributed by atoms with Crippen LogP contribution in [0.3, 0.4) is 0 Å². The van der Waals surface area contributed by atoms with Gasteiger partial charge in [-0.3, -0.25) is 13.9 Å². The number of amides is 2. The van der Waals surface area contributed by atoms with E-state index in [4.69, 9.17) is 27.9 Å². The van der Waals surface area contributed by atoms with Crippen LogP contribution < -0.4 is 14.4 Å². The summed E-state index contributed by atoms with van der Waals surface area (Å²) in [6.07, 6.45) is 0.162. The highest BCUT2D eigenvalue weighted by Crippen LogP contribution is 2.30. The largest absolute Gasteiger partial charge is 0.457 e. The molecule has 0 aliphatic rings. The second-order valence-corrected chi connectivity index (χ2v) is 15.0. The molecule has 0 unspecified atom stereocenters. The van der Waals surface area contributed by atoms with Crippen LogP contribution >= 0.6 is 23.2 Å². The molecule has 0 spiro atoms. The number of nitrogens with one attached hydrogen (secondary N) is 1. The Balaban J connectivity index is 1.57. The molecule has 0 aromatic heterocycles. The number of carbonyl (C=O) groups excluding carboxylic acids is 2. The van der Waals surface area contributed by atoms with Crippen molar-refractivity contribution in [2.75, 3.05) is 17.4 Å². The molecule has 1 N–H and O–H groups in total. The van der Waals surface area contributed by atoms with Gasteiger partial charge in [-0.25, -0.2) is 8.42 Å². The van der Waals surface area contributed by atoms with Crippen molar-refractivity contribution in [3.63, 3.8) is 0 Å². The number of benzene rings is 5. The molecule has 0 bridgehead atoms. The molecule has 0 saturated heterocycles. The molecule has 2 amide bonds. The predicted octanol–water partition coefficient (Wildman–Crippen LogP) is 8.39. The highest BCUT2D eigenvalue weighted by Gasteiger charge is 2.35.